The van der Waals surface area contributed by atoms with Gasteiger partial charge in [-0.05, 0) is 13.8 Å². The molecule has 3 rings (SSSR count). The number of aromatic nitrogens is 4. The number of aromatic amines is 1. The number of nitrogens with zero attached hydrogens (tertiary/aromatic N) is 3. The lowest BCUT2D eigenvalue weighted by molar-refractivity contribution is 1.14. The summed E-state index contributed by atoms with van der Waals surface area (Å²) in [5.74, 6) is 1.59. The molecule has 0 saturated heterocycles. The first-order valence-electron chi connectivity index (χ1n) is 5.50. The molecule has 0 atom stereocenters. The first-order valence-corrected chi connectivity index (χ1v) is 5.50. The lowest BCUT2D eigenvalue weighted by atomic mass is 10.2. The van der Waals surface area contributed by atoms with Crippen LogP contribution in [-0.4, -0.2) is 19.9 Å². The average Bonchev–Trinajstić information content (AvgIpc) is 2.71. The predicted molar refractivity (Wildman–Crippen MR) is 66.6 cm³/mol. The maximum atomic E-state index is 4.50. The molecule has 2 aromatic heterocycles. The first kappa shape index (κ1) is 9.96. The monoisotopic (exact) mass is 224 g/mol. The quantitative estimate of drug-likeness (QED) is 0.691. The summed E-state index contributed by atoms with van der Waals surface area (Å²) in [4.78, 5) is 16.5. The van der Waals surface area contributed by atoms with Crippen LogP contribution in [0.1, 0.15) is 11.5 Å². The summed E-state index contributed by atoms with van der Waals surface area (Å²) in [5, 5.41) is 0. The molecule has 4 nitrogen and oxygen atoms in total. The number of nitrogens with one attached hydrogen (secondary N) is 1. The minimum absolute atomic E-state index is 0.724. The summed E-state index contributed by atoms with van der Waals surface area (Å²) in [6.45, 7) is 3.89. The molecule has 0 unspecified atom stereocenters. The fraction of sp³-hybridized carbons (Fsp3) is 0.154. The van der Waals surface area contributed by atoms with Gasteiger partial charge in [-0.3, -0.25) is 0 Å². The van der Waals surface area contributed by atoms with Gasteiger partial charge in [-0.15, -0.1) is 0 Å². The standard InChI is InChI=1S/C13H12N4/c1-8-11-13(16-9(2)15-11)17-12(14-8)10-6-4-3-5-7-10/h3-7H,1-2H3,(H,14,15,16,17). The van der Waals surface area contributed by atoms with E-state index in [1.165, 1.54) is 0 Å². The third kappa shape index (κ3) is 1.67. The Hall–Kier alpha value is -2.23. The average molecular weight is 224 g/mol. The van der Waals surface area contributed by atoms with Gasteiger partial charge in [-0.25, -0.2) is 15.0 Å². The molecule has 0 bridgehead atoms. The summed E-state index contributed by atoms with van der Waals surface area (Å²) in [7, 11) is 0. The Bertz CT molecular complexity index is 670. The van der Waals surface area contributed by atoms with Gasteiger partial charge in [0.15, 0.2) is 11.5 Å². The predicted octanol–water partition coefficient (Wildman–Crippen LogP) is 2.64. The Morgan fingerprint density at radius 2 is 1.71 bits per heavy atom. The molecule has 0 saturated carbocycles. The van der Waals surface area contributed by atoms with E-state index in [1.807, 2.05) is 44.2 Å². The molecule has 1 aromatic carbocycles. The van der Waals surface area contributed by atoms with Crippen molar-refractivity contribution in [1.29, 1.82) is 0 Å². The van der Waals surface area contributed by atoms with Crippen molar-refractivity contribution in [3.05, 3.63) is 41.9 Å². The van der Waals surface area contributed by atoms with Crippen LogP contribution in [0.25, 0.3) is 22.6 Å². The number of hydrogen-bond donors (Lipinski definition) is 1. The van der Waals surface area contributed by atoms with E-state index in [0.717, 1.165) is 34.1 Å². The lowest BCUT2D eigenvalue weighted by Gasteiger charge is -2.01. The zero-order chi connectivity index (χ0) is 11.8. The molecule has 0 aliphatic heterocycles. The molecule has 0 spiro atoms. The van der Waals surface area contributed by atoms with Crippen molar-refractivity contribution >= 4 is 11.2 Å². The van der Waals surface area contributed by atoms with Gasteiger partial charge in [0.1, 0.15) is 11.3 Å². The van der Waals surface area contributed by atoms with Crippen molar-refractivity contribution in [2.24, 2.45) is 0 Å². The Morgan fingerprint density at radius 1 is 0.941 bits per heavy atom. The number of benzene rings is 1. The van der Waals surface area contributed by atoms with Crippen LogP contribution in [0, 0.1) is 13.8 Å². The third-order valence-corrected chi connectivity index (χ3v) is 2.68. The Kier molecular flexibility index (Phi) is 2.14. The Morgan fingerprint density at radius 3 is 2.47 bits per heavy atom. The lowest BCUT2D eigenvalue weighted by Crippen LogP contribution is -1.93. The molecule has 0 amide bonds. The number of imidazole rings is 1. The number of hydrogen-bond acceptors (Lipinski definition) is 3. The zero-order valence-electron chi connectivity index (χ0n) is 9.73. The normalized spacial score (nSPS) is 10.9. The second kappa shape index (κ2) is 3.66. The van der Waals surface area contributed by atoms with E-state index in [0.29, 0.717) is 0 Å². The van der Waals surface area contributed by atoms with E-state index in [4.69, 9.17) is 0 Å². The van der Waals surface area contributed by atoms with E-state index in [1.54, 1.807) is 0 Å². The molecule has 0 fully saturated rings. The van der Waals surface area contributed by atoms with Crippen molar-refractivity contribution in [3.8, 4) is 11.4 Å². The topological polar surface area (TPSA) is 54.5 Å². The highest BCUT2D eigenvalue weighted by atomic mass is 15.0. The van der Waals surface area contributed by atoms with Crippen molar-refractivity contribution in [2.75, 3.05) is 0 Å². The van der Waals surface area contributed by atoms with E-state index in [-0.39, 0.29) is 0 Å². The summed E-state index contributed by atoms with van der Waals surface area (Å²) >= 11 is 0. The molecule has 4 heteroatoms. The molecule has 1 N–H and O–H groups in total. The minimum Gasteiger partial charge on any atom is -0.339 e. The molecule has 2 heterocycles. The van der Waals surface area contributed by atoms with E-state index in [9.17, 15) is 0 Å². The van der Waals surface area contributed by atoms with Crippen molar-refractivity contribution in [3.63, 3.8) is 0 Å². The maximum absolute atomic E-state index is 4.50. The molecular weight excluding hydrogens is 212 g/mol. The molecule has 0 aliphatic rings. The molecular formula is C13H12N4. The van der Waals surface area contributed by atoms with E-state index in [2.05, 4.69) is 19.9 Å². The number of fused-ring (bicyclic) bond motifs is 1. The van der Waals surface area contributed by atoms with E-state index >= 15 is 0 Å². The minimum atomic E-state index is 0.724. The largest absolute Gasteiger partial charge is 0.339 e. The van der Waals surface area contributed by atoms with Gasteiger partial charge in [0.05, 0.1) is 5.69 Å². The second-order valence-corrected chi connectivity index (χ2v) is 4.02. The Labute approximate surface area is 98.8 Å². The zero-order valence-corrected chi connectivity index (χ0v) is 9.73. The summed E-state index contributed by atoms with van der Waals surface area (Å²) in [5.41, 5.74) is 3.59. The van der Waals surface area contributed by atoms with Gasteiger partial charge >= 0.3 is 0 Å². The SMILES string of the molecule is Cc1nc2nc(-c3ccccc3)nc(C)c2[nH]1. The first-order chi connectivity index (χ1) is 8.24. The van der Waals surface area contributed by atoms with Gasteiger partial charge in [0, 0.05) is 5.56 Å². The van der Waals surface area contributed by atoms with Crippen molar-refractivity contribution in [1.82, 2.24) is 19.9 Å². The maximum Gasteiger partial charge on any atom is 0.181 e. The Balaban J connectivity index is 2.25. The number of rotatable bonds is 1. The highest BCUT2D eigenvalue weighted by Crippen LogP contribution is 2.19. The van der Waals surface area contributed by atoms with Gasteiger partial charge in [0.2, 0.25) is 0 Å². The van der Waals surface area contributed by atoms with Crippen LogP contribution >= 0.6 is 0 Å². The highest BCUT2D eigenvalue weighted by Gasteiger charge is 2.09. The second-order valence-electron chi connectivity index (χ2n) is 4.02. The molecule has 3 aromatic rings. The van der Waals surface area contributed by atoms with Gasteiger partial charge in [0.25, 0.3) is 0 Å². The molecule has 84 valence electrons. The smallest absolute Gasteiger partial charge is 0.181 e. The molecule has 17 heavy (non-hydrogen) atoms. The summed E-state index contributed by atoms with van der Waals surface area (Å²) in [6, 6.07) is 9.94. The van der Waals surface area contributed by atoms with Crippen LogP contribution < -0.4 is 0 Å². The molecule has 0 aliphatic carbocycles. The summed E-state index contributed by atoms with van der Waals surface area (Å²) in [6.07, 6.45) is 0. The van der Waals surface area contributed by atoms with Gasteiger partial charge in [-0.1, -0.05) is 30.3 Å². The highest BCUT2D eigenvalue weighted by molar-refractivity contribution is 5.75. The van der Waals surface area contributed by atoms with E-state index < -0.39 is 0 Å². The van der Waals surface area contributed by atoms with Crippen LogP contribution in [0.3, 0.4) is 0 Å². The summed E-state index contributed by atoms with van der Waals surface area (Å²) < 4.78 is 0. The van der Waals surface area contributed by atoms with Crippen LogP contribution in [0.4, 0.5) is 0 Å². The van der Waals surface area contributed by atoms with Crippen LogP contribution in [-0.2, 0) is 0 Å². The van der Waals surface area contributed by atoms with Crippen molar-refractivity contribution in [2.45, 2.75) is 13.8 Å². The fourth-order valence-electron chi connectivity index (χ4n) is 1.87. The van der Waals surface area contributed by atoms with Gasteiger partial charge < -0.3 is 4.98 Å². The third-order valence-electron chi connectivity index (χ3n) is 2.68. The van der Waals surface area contributed by atoms with Crippen LogP contribution in [0.15, 0.2) is 30.3 Å². The fourth-order valence-corrected chi connectivity index (χ4v) is 1.87. The molecule has 0 radical (unpaired) electrons. The number of aryl methyl sites for hydroxylation is 2. The van der Waals surface area contributed by atoms with Crippen LogP contribution in [0.2, 0.25) is 0 Å². The van der Waals surface area contributed by atoms with Crippen LogP contribution in [0.5, 0.6) is 0 Å². The van der Waals surface area contributed by atoms with Gasteiger partial charge in [-0.2, -0.15) is 0 Å². The van der Waals surface area contributed by atoms with Crippen molar-refractivity contribution < 1.29 is 0 Å². The number of H-pyrrole nitrogens is 1.